The van der Waals surface area contributed by atoms with Crippen molar-refractivity contribution in [2.45, 2.75) is 59.7 Å². The van der Waals surface area contributed by atoms with Crippen LogP contribution in [0.25, 0.3) is 0 Å². The highest BCUT2D eigenvalue weighted by atomic mass is 16.5. The van der Waals surface area contributed by atoms with Crippen molar-refractivity contribution in [3.05, 3.63) is 11.6 Å². The average molecular weight is 236 g/mol. The van der Waals surface area contributed by atoms with E-state index >= 15 is 0 Å². The Morgan fingerprint density at radius 3 is 2.53 bits per heavy atom. The molecule has 0 aromatic carbocycles. The molecular formula is C15H24O2. The molecule has 17 heavy (non-hydrogen) atoms. The Morgan fingerprint density at radius 1 is 1.35 bits per heavy atom. The molecule has 0 amide bonds. The fraction of sp³-hybridized carbons (Fsp3) is 0.800. The highest BCUT2D eigenvalue weighted by molar-refractivity contribution is 5.63. The number of allylic oxidation sites excluding steroid dienone is 1. The second kappa shape index (κ2) is 3.94. The maximum Gasteiger partial charge on any atom is 0.129 e. The van der Waals surface area contributed by atoms with E-state index in [0.29, 0.717) is 5.92 Å². The van der Waals surface area contributed by atoms with E-state index in [1.54, 1.807) is 0 Å². The lowest BCUT2D eigenvalue weighted by molar-refractivity contribution is -0.120. The van der Waals surface area contributed by atoms with Crippen molar-refractivity contribution in [2.24, 2.45) is 16.7 Å². The molecule has 96 valence electrons. The zero-order valence-corrected chi connectivity index (χ0v) is 11.6. The summed E-state index contributed by atoms with van der Waals surface area (Å²) in [6.07, 6.45) is 5.59. The number of fused-ring (bicyclic) bond motifs is 1. The van der Waals surface area contributed by atoms with Crippen molar-refractivity contribution < 1.29 is 9.53 Å². The SMILES string of the molecule is CC(C)=CC1O[C@H](C)C2(C=O)CC(C)(C)CC12. The lowest BCUT2D eigenvalue weighted by Gasteiger charge is -2.27. The van der Waals surface area contributed by atoms with E-state index in [1.807, 2.05) is 0 Å². The summed E-state index contributed by atoms with van der Waals surface area (Å²) in [5, 5.41) is 0. The predicted molar refractivity (Wildman–Crippen MR) is 68.8 cm³/mol. The van der Waals surface area contributed by atoms with Crippen LogP contribution in [-0.4, -0.2) is 18.5 Å². The van der Waals surface area contributed by atoms with Gasteiger partial charge in [0.05, 0.1) is 17.6 Å². The first-order chi connectivity index (χ1) is 7.81. The van der Waals surface area contributed by atoms with Gasteiger partial charge in [0, 0.05) is 5.92 Å². The van der Waals surface area contributed by atoms with Crippen molar-refractivity contribution in [3.8, 4) is 0 Å². The molecule has 2 rings (SSSR count). The highest BCUT2D eigenvalue weighted by Crippen LogP contribution is 2.60. The molecule has 3 unspecified atom stereocenters. The van der Waals surface area contributed by atoms with Gasteiger partial charge >= 0.3 is 0 Å². The lowest BCUT2D eigenvalue weighted by Crippen LogP contribution is -2.33. The Labute approximate surface area is 104 Å². The van der Waals surface area contributed by atoms with Crippen molar-refractivity contribution in [1.82, 2.24) is 0 Å². The Hall–Kier alpha value is -0.630. The lowest BCUT2D eigenvalue weighted by atomic mass is 9.74. The van der Waals surface area contributed by atoms with E-state index in [2.05, 4.69) is 40.7 Å². The molecule has 0 N–H and O–H groups in total. The van der Waals surface area contributed by atoms with Crippen LogP contribution in [0.3, 0.4) is 0 Å². The molecule has 2 heteroatoms. The van der Waals surface area contributed by atoms with E-state index in [-0.39, 0.29) is 23.0 Å². The molecule has 0 aromatic rings. The summed E-state index contributed by atoms with van der Waals surface area (Å²) in [6.45, 7) is 10.8. The standard InChI is InChI=1S/C15H24O2/c1-10(2)6-13-12-7-14(4,5)8-15(12,9-16)11(3)17-13/h6,9,11-13H,7-8H2,1-5H3/t11-,12?,13?,15?/m1/s1. The molecule has 2 aliphatic rings. The fourth-order valence-electron chi connectivity index (χ4n) is 3.85. The maximum atomic E-state index is 11.6. The second-order valence-electron chi connectivity index (χ2n) is 6.87. The summed E-state index contributed by atoms with van der Waals surface area (Å²) in [5.74, 6) is 0.361. The molecule has 1 aliphatic carbocycles. The number of aldehydes is 1. The van der Waals surface area contributed by atoms with Crippen LogP contribution in [0.15, 0.2) is 11.6 Å². The van der Waals surface area contributed by atoms with Crippen molar-refractivity contribution >= 4 is 6.29 Å². The molecule has 0 radical (unpaired) electrons. The maximum absolute atomic E-state index is 11.6. The van der Waals surface area contributed by atoms with Crippen LogP contribution < -0.4 is 0 Å². The topological polar surface area (TPSA) is 26.3 Å². The summed E-state index contributed by atoms with van der Waals surface area (Å²) in [4.78, 5) is 11.6. The molecule has 0 spiro atoms. The summed E-state index contributed by atoms with van der Waals surface area (Å²) >= 11 is 0. The summed E-state index contributed by atoms with van der Waals surface area (Å²) in [6, 6.07) is 0. The second-order valence-corrected chi connectivity index (χ2v) is 6.87. The monoisotopic (exact) mass is 236 g/mol. The number of ether oxygens (including phenoxy) is 1. The van der Waals surface area contributed by atoms with Gasteiger partial charge in [-0.05, 0) is 39.0 Å². The van der Waals surface area contributed by atoms with E-state index in [4.69, 9.17) is 4.74 Å². The van der Waals surface area contributed by atoms with Crippen LogP contribution >= 0.6 is 0 Å². The van der Waals surface area contributed by atoms with Gasteiger partial charge in [-0.15, -0.1) is 0 Å². The van der Waals surface area contributed by atoms with E-state index in [9.17, 15) is 4.79 Å². The first kappa shape index (κ1) is 12.8. The molecule has 0 aromatic heterocycles. The van der Waals surface area contributed by atoms with Crippen molar-refractivity contribution in [2.75, 3.05) is 0 Å². The van der Waals surface area contributed by atoms with Crippen LogP contribution in [0, 0.1) is 16.7 Å². The van der Waals surface area contributed by atoms with Crippen LogP contribution in [-0.2, 0) is 9.53 Å². The van der Waals surface area contributed by atoms with Gasteiger partial charge in [-0.2, -0.15) is 0 Å². The highest BCUT2D eigenvalue weighted by Gasteiger charge is 2.61. The zero-order valence-electron chi connectivity index (χ0n) is 11.6. The Morgan fingerprint density at radius 2 is 2.00 bits per heavy atom. The largest absolute Gasteiger partial charge is 0.370 e. The minimum Gasteiger partial charge on any atom is -0.370 e. The van der Waals surface area contributed by atoms with Gasteiger partial charge < -0.3 is 9.53 Å². The van der Waals surface area contributed by atoms with E-state index in [1.165, 1.54) is 11.9 Å². The Bertz CT molecular complexity index is 352. The minimum absolute atomic E-state index is 0.0485. The Kier molecular flexibility index (Phi) is 2.97. The fourth-order valence-corrected chi connectivity index (χ4v) is 3.85. The molecule has 2 fully saturated rings. The van der Waals surface area contributed by atoms with Crippen LogP contribution in [0.2, 0.25) is 0 Å². The minimum atomic E-state index is -0.250. The Balaban J connectivity index is 2.35. The van der Waals surface area contributed by atoms with Gasteiger partial charge in [-0.25, -0.2) is 0 Å². The number of hydrogen-bond acceptors (Lipinski definition) is 2. The van der Waals surface area contributed by atoms with Gasteiger partial charge in [0.2, 0.25) is 0 Å². The first-order valence-corrected chi connectivity index (χ1v) is 6.57. The number of carbonyl (C=O) groups excluding carboxylic acids is 1. The number of carbonyl (C=O) groups is 1. The third kappa shape index (κ3) is 1.97. The van der Waals surface area contributed by atoms with E-state index in [0.717, 1.165) is 12.8 Å². The molecule has 1 heterocycles. The molecule has 1 saturated carbocycles. The smallest absolute Gasteiger partial charge is 0.129 e. The first-order valence-electron chi connectivity index (χ1n) is 6.57. The quantitative estimate of drug-likeness (QED) is 0.543. The van der Waals surface area contributed by atoms with Gasteiger partial charge in [-0.1, -0.05) is 25.5 Å². The molecule has 0 bridgehead atoms. The normalized spacial score (nSPS) is 43.2. The number of hydrogen-bond donors (Lipinski definition) is 0. The number of rotatable bonds is 2. The van der Waals surface area contributed by atoms with Crippen LogP contribution in [0.1, 0.15) is 47.5 Å². The summed E-state index contributed by atoms with van der Waals surface area (Å²) in [7, 11) is 0. The van der Waals surface area contributed by atoms with Crippen LogP contribution in [0.5, 0.6) is 0 Å². The van der Waals surface area contributed by atoms with E-state index < -0.39 is 0 Å². The van der Waals surface area contributed by atoms with Crippen molar-refractivity contribution in [3.63, 3.8) is 0 Å². The molecule has 1 saturated heterocycles. The molecule has 2 nitrogen and oxygen atoms in total. The van der Waals surface area contributed by atoms with Crippen LogP contribution in [0.4, 0.5) is 0 Å². The van der Waals surface area contributed by atoms with Gasteiger partial charge in [0.25, 0.3) is 0 Å². The third-order valence-corrected chi connectivity index (χ3v) is 4.48. The molecule has 1 aliphatic heterocycles. The molecule has 4 atom stereocenters. The molecular weight excluding hydrogens is 212 g/mol. The van der Waals surface area contributed by atoms with Gasteiger partial charge in [-0.3, -0.25) is 0 Å². The summed E-state index contributed by atoms with van der Waals surface area (Å²) < 4.78 is 6.02. The van der Waals surface area contributed by atoms with Crippen molar-refractivity contribution in [1.29, 1.82) is 0 Å². The van der Waals surface area contributed by atoms with Gasteiger partial charge in [0.15, 0.2) is 0 Å². The predicted octanol–water partition coefficient (Wildman–Crippen LogP) is 3.36. The zero-order chi connectivity index (χ0) is 12.8. The third-order valence-electron chi connectivity index (χ3n) is 4.48. The van der Waals surface area contributed by atoms with Gasteiger partial charge in [0.1, 0.15) is 6.29 Å². The summed E-state index contributed by atoms with van der Waals surface area (Å²) in [5.41, 5.74) is 1.28. The average Bonchev–Trinajstić information content (AvgIpc) is 2.59.